The van der Waals surface area contributed by atoms with Crippen LogP contribution in [-0.2, 0) is 6.42 Å². The van der Waals surface area contributed by atoms with Gasteiger partial charge in [0.05, 0.1) is 3.79 Å². The van der Waals surface area contributed by atoms with Crippen molar-refractivity contribution in [1.82, 2.24) is 9.97 Å². The van der Waals surface area contributed by atoms with E-state index in [2.05, 4.69) is 71.5 Å². The van der Waals surface area contributed by atoms with Crippen LogP contribution in [0.1, 0.15) is 18.2 Å². The van der Waals surface area contributed by atoms with E-state index in [1.807, 2.05) is 0 Å². The van der Waals surface area contributed by atoms with E-state index in [1.165, 1.54) is 8.66 Å². The lowest BCUT2D eigenvalue weighted by Gasteiger charge is -2.10. The standard InChI is InChI=1S/C13H16Br2N4S/c1-2-6-16-12-11(15)13(19-8-18-12)17-7-5-9-3-4-10(14)20-9/h3-4,8H,2,5-7H2,1H3,(H2,16,17,18,19). The van der Waals surface area contributed by atoms with Crippen molar-refractivity contribution in [3.05, 3.63) is 31.6 Å². The lowest BCUT2D eigenvalue weighted by molar-refractivity contribution is 0.958. The predicted molar refractivity (Wildman–Crippen MR) is 92.7 cm³/mol. The summed E-state index contributed by atoms with van der Waals surface area (Å²) in [6, 6.07) is 4.22. The molecule has 0 saturated heterocycles. The van der Waals surface area contributed by atoms with Crippen molar-refractivity contribution < 1.29 is 0 Å². The first-order valence-corrected chi connectivity index (χ1v) is 8.83. The number of aromatic nitrogens is 2. The van der Waals surface area contributed by atoms with Gasteiger partial charge in [-0.1, -0.05) is 6.92 Å². The molecule has 2 rings (SSSR count). The minimum Gasteiger partial charge on any atom is -0.369 e. The van der Waals surface area contributed by atoms with Gasteiger partial charge in [0.2, 0.25) is 0 Å². The Kier molecular flexibility index (Phi) is 6.25. The van der Waals surface area contributed by atoms with E-state index < -0.39 is 0 Å². The van der Waals surface area contributed by atoms with Crippen LogP contribution >= 0.6 is 43.2 Å². The second kappa shape index (κ2) is 7.95. The van der Waals surface area contributed by atoms with Crippen LogP contribution in [-0.4, -0.2) is 23.1 Å². The Morgan fingerprint density at radius 1 is 1.10 bits per heavy atom. The van der Waals surface area contributed by atoms with Crippen molar-refractivity contribution in [1.29, 1.82) is 0 Å². The van der Waals surface area contributed by atoms with Crippen molar-refractivity contribution in [2.75, 3.05) is 23.7 Å². The summed E-state index contributed by atoms with van der Waals surface area (Å²) in [4.78, 5) is 9.85. The number of nitrogens with one attached hydrogen (secondary N) is 2. The molecule has 0 amide bonds. The topological polar surface area (TPSA) is 49.8 Å². The molecule has 0 aromatic carbocycles. The van der Waals surface area contributed by atoms with E-state index in [0.717, 1.165) is 42.0 Å². The molecule has 0 atom stereocenters. The number of hydrogen-bond acceptors (Lipinski definition) is 5. The summed E-state index contributed by atoms with van der Waals surface area (Å²) in [5.41, 5.74) is 0. The minimum atomic E-state index is 0.828. The minimum absolute atomic E-state index is 0.828. The van der Waals surface area contributed by atoms with Gasteiger partial charge in [0.15, 0.2) is 0 Å². The molecule has 7 heteroatoms. The Labute approximate surface area is 139 Å². The van der Waals surface area contributed by atoms with Crippen LogP contribution in [0.4, 0.5) is 11.6 Å². The van der Waals surface area contributed by atoms with Gasteiger partial charge in [-0.2, -0.15) is 0 Å². The molecule has 0 bridgehead atoms. The van der Waals surface area contributed by atoms with Gasteiger partial charge in [-0.05, 0) is 56.8 Å². The van der Waals surface area contributed by atoms with Crippen LogP contribution in [0.25, 0.3) is 0 Å². The fourth-order valence-corrected chi connectivity index (χ4v) is 3.62. The van der Waals surface area contributed by atoms with E-state index in [4.69, 9.17) is 0 Å². The number of thiophene rings is 1. The van der Waals surface area contributed by atoms with Crippen LogP contribution in [0, 0.1) is 0 Å². The summed E-state index contributed by atoms with van der Waals surface area (Å²) in [6.45, 7) is 3.87. The third-order valence-electron chi connectivity index (χ3n) is 2.62. The van der Waals surface area contributed by atoms with E-state index in [0.29, 0.717) is 0 Å². The molecule has 2 heterocycles. The third-order valence-corrected chi connectivity index (χ3v) is 5.06. The van der Waals surface area contributed by atoms with Gasteiger partial charge < -0.3 is 10.6 Å². The van der Waals surface area contributed by atoms with Crippen molar-refractivity contribution >= 4 is 54.8 Å². The first-order chi connectivity index (χ1) is 9.70. The van der Waals surface area contributed by atoms with Crippen LogP contribution in [0.2, 0.25) is 0 Å². The van der Waals surface area contributed by atoms with Gasteiger partial charge in [0, 0.05) is 18.0 Å². The summed E-state index contributed by atoms with van der Waals surface area (Å²) in [7, 11) is 0. The van der Waals surface area contributed by atoms with Crippen molar-refractivity contribution in [2.45, 2.75) is 19.8 Å². The molecule has 2 aromatic heterocycles. The predicted octanol–water partition coefficient (Wildman–Crippen LogP) is 4.54. The molecule has 4 nitrogen and oxygen atoms in total. The number of nitrogens with zero attached hydrogens (tertiary/aromatic N) is 2. The molecule has 0 fully saturated rings. The zero-order valence-corrected chi connectivity index (χ0v) is 15.1. The van der Waals surface area contributed by atoms with E-state index in [1.54, 1.807) is 17.7 Å². The maximum absolute atomic E-state index is 4.27. The zero-order chi connectivity index (χ0) is 14.4. The molecular formula is C13H16Br2N4S. The monoisotopic (exact) mass is 418 g/mol. The van der Waals surface area contributed by atoms with Gasteiger partial charge in [0.25, 0.3) is 0 Å². The summed E-state index contributed by atoms with van der Waals surface area (Å²) < 4.78 is 2.06. The molecule has 0 saturated carbocycles. The molecule has 0 aliphatic carbocycles. The summed E-state index contributed by atoms with van der Waals surface area (Å²) in [5, 5.41) is 6.61. The van der Waals surface area contributed by atoms with Gasteiger partial charge >= 0.3 is 0 Å². The largest absolute Gasteiger partial charge is 0.369 e. The molecule has 0 unspecified atom stereocenters. The highest BCUT2D eigenvalue weighted by Gasteiger charge is 2.07. The molecule has 20 heavy (non-hydrogen) atoms. The second-order valence-corrected chi connectivity index (χ2v) is 7.53. The summed E-state index contributed by atoms with van der Waals surface area (Å²) >= 11 is 8.78. The normalized spacial score (nSPS) is 10.6. The Bertz CT molecular complexity index is 559. The number of anilines is 2. The smallest absolute Gasteiger partial charge is 0.145 e. The lowest BCUT2D eigenvalue weighted by Crippen LogP contribution is -2.09. The zero-order valence-electron chi connectivity index (χ0n) is 11.1. The van der Waals surface area contributed by atoms with Gasteiger partial charge in [-0.3, -0.25) is 0 Å². The van der Waals surface area contributed by atoms with Gasteiger partial charge in [0.1, 0.15) is 22.4 Å². The summed E-state index contributed by atoms with van der Waals surface area (Å²) in [6.07, 6.45) is 3.61. The Hall–Kier alpha value is -0.660. The van der Waals surface area contributed by atoms with E-state index in [9.17, 15) is 0 Å². The Balaban J connectivity index is 1.92. The number of hydrogen-bond donors (Lipinski definition) is 2. The second-order valence-electron chi connectivity index (χ2n) is 4.19. The maximum atomic E-state index is 4.27. The first kappa shape index (κ1) is 15.7. The van der Waals surface area contributed by atoms with Crippen LogP contribution < -0.4 is 10.6 Å². The van der Waals surface area contributed by atoms with Crippen molar-refractivity contribution in [3.63, 3.8) is 0 Å². The molecule has 0 aliphatic heterocycles. The highest BCUT2D eigenvalue weighted by Crippen LogP contribution is 2.27. The van der Waals surface area contributed by atoms with Crippen molar-refractivity contribution in [3.8, 4) is 0 Å². The highest BCUT2D eigenvalue weighted by atomic mass is 79.9. The van der Waals surface area contributed by atoms with Gasteiger partial charge in [-0.25, -0.2) is 9.97 Å². The van der Waals surface area contributed by atoms with Crippen LogP contribution in [0.15, 0.2) is 26.7 Å². The fraction of sp³-hybridized carbons (Fsp3) is 0.385. The molecule has 0 radical (unpaired) electrons. The lowest BCUT2D eigenvalue weighted by atomic mass is 10.3. The van der Waals surface area contributed by atoms with E-state index >= 15 is 0 Å². The maximum Gasteiger partial charge on any atom is 0.145 e. The van der Waals surface area contributed by atoms with Crippen molar-refractivity contribution in [2.24, 2.45) is 0 Å². The molecule has 108 valence electrons. The SMILES string of the molecule is CCCNc1ncnc(NCCc2ccc(Br)s2)c1Br. The highest BCUT2D eigenvalue weighted by molar-refractivity contribution is 9.11. The first-order valence-electron chi connectivity index (χ1n) is 6.43. The molecule has 0 spiro atoms. The fourth-order valence-electron chi connectivity index (χ4n) is 1.65. The third kappa shape index (κ3) is 4.43. The Morgan fingerprint density at radius 2 is 1.80 bits per heavy atom. The van der Waals surface area contributed by atoms with Gasteiger partial charge in [-0.15, -0.1) is 11.3 Å². The van der Waals surface area contributed by atoms with E-state index in [-0.39, 0.29) is 0 Å². The Morgan fingerprint density at radius 3 is 2.40 bits per heavy atom. The quantitative estimate of drug-likeness (QED) is 0.691. The van der Waals surface area contributed by atoms with Crippen LogP contribution in [0.5, 0.6) is 0 Å². The summed E-state index contributed by atoms with van der Waals surface area (Å²) in [5.74, 6) is 1.66. The molecule has 0 aliphatic rings. The molecular weight excluding hydrogens is 404 g/mol. The average Bonchev–Trinajstić information content (AvgIpc) is 2.85. The molecule has 2 N–H and O–H groups in total. The number of halogens is 2. The van der Waals surface area contributed by atoms with Crippen LogP contribution in [0.3, 0.4) is 0 Å². The molecule has 2 aromatic rings. The average molecular weight is 420 g/mol. The number of rotatable bonds is 7.